The summed E-state index contributed by atoms with van der Waals surface area (Å²) in [5, 5.41) is 19.3. The number of hydrogen-bond donors (Lipinski definition) is 3. The largest absolute Gasteiger partial charge is 0.478 e. The van der Waals surface area contributed by atoms with Gasteiger partial charge in [-0.05, 0) is 36.4 Å². The summed E-state index contributed by atoms with van der Waals surface area (Å²) >= 11 is 5.81. The number of carbonyl (C=O) groups excluding carboxylic acids is 1. The van der Waals surface area contributed by atoms with Crippen LogP contribution in [0, 0.1) is 0 Å². The van der Waals surface area contributed by atoms with E-state index in [1.54, 1.807) is 55.6 Å². The van der Waals surface area contributed by atoms with Crippen LogP contribution >= 0.6 is 11.6 Å². The number of aromatic nitrogens is 2. The first-order chi connectivity index (χ1) is 12.4. The molecule has 0 saturated heterocycles. The minimum atomic E-state index is -1.06. The molecule has 0 unspecified atom stereocenters. The van der Waals surface area contributed by atoms with Crippen molar-refractivity contribution in [3.8, 4) is 11.3 Å². The van der Waals surface area contributed by atoms with Crippen molar-refractivity contribution in [3.63, 3.8) is 0 Å². The molecular formula is C18H15ClN4O3. The van der Waals surface area contributed by atoms with Gasteiger partial charge in [0.25, 0.3) is 0 Å². The van der Waals surface area contributed by atoms with E-state index in [1.165, 1.54) is 10.9 Å². The minimum Gasteiger partial charge on any atom is -0.478 e. The normalized spacial score (nSPS) is 10.4. The quantitative estimate of drug-likeness (QED) is 0.644. The van der Waals surface area contributed by atoms with E-state index in [4.69, 9.17) is 11.6 Å². The molecule has 0 aliphatic heterocycles. The SMILES string of the molecule is Cn1ncc(C(=O)O)c1-c1cccc(NC(=O)Nc2ccc(Cl)cc2)c1. The highest BCUT2D eigenvalue weighted by Gasteiger charge is 2.17. The Hall–Kier alpha value is -3.32. The monoisotopic (exact) mass is 370 g/mol. The smallest absolute Gasteiger partial charge is 0.339 e. The van der Waals surface area contributed by atoms with Gasteiger partial charge in [0, 0.05) is 29.0 Å². The molecule has 0 aliphatic rings. The van der Waals surface area contributed by atoms with Gasteiger partial charge in [-0.3, -0.25) is 4.68 Å². The molecule has 3 N–H and O–H groups in total. The molecule has 3 rings (SSSR count). The number of carboxylic acids is 1. The zero-order valence-electron chi connectivity index (χ0n) is 13.7. The zero-order valence-corrected chi connectivity index (χ0v) is 14.5. The summed E-state index contributed by atoms with van der Waals surface area (Å²) in [6.45, 7) is 0. The molecule has 26 heavy (non-hydrogen) atoms. The summed E-state index contributed by atoms with van der Waals surface area (Å²) in [7, 11) is 1.66. The maximum Gasteiger partial charge on any atom is 0.339 e. The van der Waals surface area contributed by atoms with Crippen LogP contribution < -0.4 is 10.6 Å². The third kappa shape index (κ3) is 3.84. The number of nitrogens with zero attached hydrogens (tertiary/aromatic N) is 2. The van der Waals surface area contributed by atoms with Crippen molar-refractivity contribution in [1.29, 1.82) is 0 Å². The van der Waals surface area contributed by atoms with Crippen molar-refractivity contribution < 1.29 is 14.7 Å². The second kappa shape index (κ2) is 7.28. The lowest BCUT2D eigenvalue weighted by Crippen LogP contribution is -2.19. The van der Waals surface area contributed by atoms with Crippen LogP contribution in [0.2, 0.25) is 5.02 Å². The van der Waals surface area contributed by atoms with Crippen LogP contribution in [-0.2, 0) is 7.05 Å². The number of aromatic carboxylic acids is 1. The highest BCUT2D eigenvalue weighted by Crippen LogP contribution is 2.26. The Morgan fingerprint density at radius 2 is 1.77 bits per heavy atom. The van der Waals surface area contributed by atoms with Crippen LogP contribution in [0.25, 0.3) is 11.3 Å². The van der Waals surface area contributed by atoms with Gasteiger partial charge in [0.05, 0.1) is 11.9 Å². The number of carbonyl (C=O) groups is 2. The molecule has 8 heteroatoms. The third-order valence-corrected chi connectivity index (χ3v) is 3.92. The average Bonchev–Trinajstić information content (AvgIpc) is 2.99. The van der Waals surface area contributed by atoms with Gasteiger partial charge < -0.3 is 15.7 Å². The molecule has 0 bridgehead atoms. The summed E-state index contributed by atoms with van der Waals surface area (Å²) < 4.78 is 1.48. The number of anilines is 2. The average molecular weight is 371 g/mol. The maximum absolute atomic E-state index is 12.1. The number of benzene rings is 2. The Balaban J connectivity index is 1.79. The molecule has 3 aromatic rings. The number of aryl methyl sites for hydroxylation is 1. The fourth-order valence-corrected chi connectivity index (χ4v) is 2.63. The fraction of sp³-hybridized carbons (Fsp3) is 0.0556. The van der Waals surface area contributed by atoms with Crippen LogP contribution in [-0.4, -0.2) is 26.9 Å². The van der Waals surface area contributed by atoms with Crippen molar-refractivity contribution >= 4 is 35.0 Å². The number of carboxylic acid groups (broad SMARTS) is 1. The molecular weight excluding hydrogens is 356 g/mol. The third-order valence-electron chi connectivity index (χ3n) is 3.67. The summed E-state index contributed by atoms with van der Waals surface area (Å²) in [5.74, 6) is -1.06. The highest BCUT2D eigenvalue weighted by molar-refractivity contribution is 6.30. The molecule has 0 atom stereocenters. The number of hydrogen-bond acceptors (Lipinski definition) is 3. The van der Waals surface area contributed by atoms with Gasteiger partial charge >= 0.3 is 12.0 Å². The summed E-state index contributed by atoms with van der Waals surface area (Å²) in [5.41, 5.74) is 2.30. The molecule has 132 valence electrons. The van der Waals surface area contributed by atoms with Crippen molar-refractivity contribution in [2.45, 2.75) is 0 Å². The van der Waals surface area contributed by atoms with Crippen molar-refractivity contribution in [2.24, 2.45) is 7.05 Å². The van der Waals surface area contributed by atoms with Crippen LogP contribution in [0.5, 0.6) is 0 Å². The van der Waals surface area contributed by atoms with Gasteiger partial charge in [0.15, 0.2) is 0 Å². The second-order valence-corrected chi connectivity index (χ2v) is 5.94. The van der Waals surface area contributed by atoms with Gasteiger partial charge in [-0.15, -0.1) is 0 Å². The number of halogens is 1. The molecule has 7 nitrogen and oxygen atoms in total. The van der Waals surface area contributed by atoms with Crippen LogP contribution in [0.15, 0.2) is 54.7 Å². The van der Waals surface area contributed by atoms with E-state index in [9.17, 15) is 14.7 Å². The van der Waals surface area contributed by atoms with E-state index in [0.717, 1.165) is 0 Å². The van der Waals surface area contributed by atoms with Crippen LogP contribution in [0.3, 0.4) is 0 Å². The van der Waals surface area contributed by atoms with Gasteiger partial charge in [0.2, 0.25) is 0 Å². The van der Waals surface area contributed by atoms with E-state index >= 15 is 0 Å². The molecule has 0 saturated carbocycles. The Morgan fingerprint density at radius 3 is 2.46 bits per heavy atom. The lowest BCUT2D eigenvalue weighted by Gasteiger charge is -2.10. The Morgan fingerprint density at radius 1 is 1.08 bits per heavy atom. The first-order valence-corrected chi connectivity index (χ1v) is 8.01. The van der Waals surface area contributed by atoms with E-state index in [-0.39, 0.29) is 5.56 Å². The van der Waals surface area contributed by atoms with Crippen molar-refractivity contribution in [3.05, 3.63) is 65.3 Å². The van der Waals surface area contributed by atoms with Gasteiger partial charge in [0.1, 0.15) is 5.56 Å². The van der Waals surface area contributed by atoms with E-state index in [1.807, 2.05) is 0 Å². The predicted molar refractivity (Wildman–Crippen MR) is 99.7 cm³/mol. The van der Waals surface area contributed by atoms with E-state index < -0.39 is 12.0 Å². The Bertz CT molecular complexity index is 967. The highest BCUT2D eigenvalue weighted by atomic mass is 35.5. The molecule has 2 amide bonds. The Kier molecular flexibility index (Phi) is 4.90. The number of nitrogens with one attached hydrogen (secondary N) is 2. The molecule has 1 heterocycles. The van der Waals surface area contributed by atoms with Gasteiger partial charge in [-0.2, -0.15) is 5.10 Å². The second-order valence-electron chi connectivity index (χ2n) is 5.50. The van der Waals surface area contributed by atoms with E-state index in [2.05, 4.69) is 15.7 Å². The topological polar surface area (TPSA) is 96.2 Å². The van der Waals surface area contributed by atoms with Gasteiger partial charge in [-0.25, -0.2) is 9.59 Å². The summed E-state index contributed by atoms with van der Waals surface area (Å²) in [6, 6.07) is 13.2. The molecule has 2 aromatic carbocycles. The fourth-order valence-electron chi connectivity index (χ4n) is 2.51. The lowest BCUT2D eigenvalue weighted by molar-refractivity contribution is 0.0697. The van der Waals surface area contributed by atoms with Crippen LogP contribution in [0.1, 0.15) is 10.4 Å². The van der Waals surface area contributed by atoms with E-state index in [0.29, 0.717) is 27.7 Å². The number of urea groups is 1. The standard InChI is InChI=1S/C18H15ClN4O3/c1-23-16(15(10-20-23)17(24)25)11-3-2-4-14(9-11)22-18(26)21-13-7-5-12(19)6-8-13/h2-10H,1H3,(H,24,25)(H2,21,22,26). The molecule has 0 spiro atoms. The van der Waals surface area contributed by atoms with Crippen LogP contribution in [0.4, 0.5) is 16.2 Å². The van der Waals surface area contributed by atoms with Gasteiger partial charge in [-0.1, -0.05) is 23.7 Å². The molecule has 0 aliphatic carbocycles. The van der Waals surface area contributed by atoms with Crippen molar-refractivity contribution in [2.75, 3.05) is 10.6 Å². The summed E-state index contributed by atoms with van der Waals surface area (Å²) in [6.07, 6.45) is 1.30. The predicted octanol–water partition coefficient (Wildman–Crippen LogP) is 4.08. The number of amides is 2. The Labute approximate surface area is 154 Å². The molecule has 1 aromatic heterocycles. The number of rotatable bonds is 4. The first kappa shape index (κ1) is 17.5. The zero-order chi connectivity index (χ0) is 18.7. The molecule has 0 fully saturated rings. The molecule has 0 radical (unpaired) electrons. The summed E-state index contributed by atoms with van der Waals surface area (Å²) in [4.78, 5) is 23.5. The first-order valence-electron chi connectivity index (χ1n) is 7.63. The minimum absolute atomic E-state index is 0.0928. The van der Waals surface area contributed by atoms with Crippen molar-refractivity contribution in [1.82, 2.24) is 9.78 Å². The lowest BCUT2D eigenvalue weighted by atomic mass is 10.1. The maximum atomic E-state index is 12.1.